The maximum atomic E-state index is 12.3. The van der Waals surface area contributed by atoms with Gasteiger partial charge in [-0.15, -0.1) is 11.3 Å². The highest BCUT2D eigenvalue weighted by atomic mass is 32.1. The van der Waals surface area contributed by atoms with E-state index in [1.54, 1.807) is 0 Å². The van der Waals surface area contributed by atoms with Crippen molar-refractivity contribution in [1.82, 2.24) is 4.90 Å². The molecule has 2 rings (SSSR count). The predicted octanol–water partition coefficient (Wildman–Crippen LogP) is 1.76. The number of rotatable bonds is 4. The van der Waals surface area contributed by atoms with Crippen molar-refractivity contribution in [2.24, 2.45) is 11.7 Å². The third kappa shape index (κ3) is 3.89. The lowest BCUT2D eigenvalue weighted by molar-refractivity contribution is -0.126. The molecular weight excluding hydrogens is 312 g/mol. The Morgan fingerprint density at radius 1 is 1.43 bits per heavy atom. The molecule has 2 atom stereocenters. The molecule has 0 aliphatic carbocycles. The molecular formula is C16H22N4O2S. The fraction of sp³-hybridized carbons (Fsp3) is 0.562. The van der Waals surface area contributed by atoms with Crippen molar-refractivity contribution in [1.29, 1.82) is 5.26 Å². The fourth-order valence-corrected chi connectivity index (χ4v) is 3.86. The third-order valence-electron chi connectivity index (χ3n) is 4.51. The van der Waals surface area contributed by atoms with Gasteiger partial charge in [0.15, 0.2) is 0 Å². The molecule has 23 heavy (non-hydrogen) atoms. The maximum Gasteiger partial charge on any atom is 0.239 e. The summed E-state index contributed by atoms with van der Waals surface area (Å²) in [5, 5.41) is 12.7. The first-order chi connectivity index (χ1) is 10.8. The maximum absolute atomic E-state index is 12.3. The van der Waals surface area contributed by atoms with Crippen LogP contribution in [0.3, 0.4) is 0 Å². The van der Waals surface area contributed by atoms with Gasteiger partial charge >= 0.3 is 0 Å². The molecule has 3 N–H and O–H groups in total. The highest BCUT2D eigenvalue weighted by Gasteiger charge is 2.30. The highest BCUT2D eigenvalue weighted by Crippen LogP contribution is 2.31. The average molecular weight is 334 g/mol. The zero-order valence-corrected chi connectivity index (χ0v) is 14.5. The Balaban J connectivity index is 2.03. The number of amides is 2. The molecule has 0 bridgehead atoms. The number of carbonyl (C=O) groups is 2. The minimum atomic E-state index is -0.307. The van der Waals surface area contributed by atoms with Gasteiger partial charge in [0.25, 0.3) is 0 Å². The Hall–Kier alpha value is -1.91. The van der Waals surface area contributed by atoms with E-state index >= 15 is 0 Å². The number of carbonyl (C=O) groups excluding carboxylic acids is 2. The van der Waals surface area contributed by atoms with E-state index in [4.69, 9.17) is 5.73 Å². The molecule has 1 aliphatic heterocycles. The molecule has 2 amide bonds. The van der Waals surface area contributed by atoms with Crippen LogP contribution >= 0.6 is 11.3 Å². The monoisotopic (exact) mass is 334 g/mol. The molecule has 0 aromatic carbocycles. The molecule has 7 heteroatoms. The van der Waals surface area contributed by atoms with E-state index < -0.39 is 0 Å². The smallest absolute Gasteiger partial charge is 0.239 e. The van der Waals surface area contributed by atoms with E-state index in [2.05, 4.69) is 11.4 Å². The number of piperidine rings is 1. The van der Waals surface area contributed by atoms with Crippen molar-refractivity contribution in [3.05, 3.63) is 16.0 Å². The molecule has 1 fully saturated rings. The SMILES string of the molecule is Cc1sc(NC(=O)CN2C[C@H](C(N)=O)CC[C@H]2C)c(C#N)c1C. The zero-order chi connectivity index (χ0) is 17.1. The largest absolute Gasteiger partial charge is 0.369 e. The minimum Gasteiger partial charge on any atom is -0.369 e. The molecule has 1 aromatic rings. The van der Waals surface area contributed by atoms with Crippen LogP contribution in [0.5, 0.6) is 0 Å². The lowest BCUT2D eigenvalue weighted by Gasteiger charge is -2.36. The van der Waals surface area contributed by atoms with Gasteiger partial charge in [0.05, 0.1) is 18.0 Å². The average Bonchev–Trinajstić information content (AvgIpc) is 2.75. The molecule has 2 heterocycles. The van der Waals surface area contributed by atoms with Crippen LogP contribution in [-0.4, -0.2) is 35.8 Å². The van der Waals surface area contributed by atoms with Crippen molar-refractivity contribution in [3.63, 3.8) is 0 Å². The standard InChI is InChI=1S/C16H22N4O2S/c1-9-4-5-12(15(18)22)7-20(9)8-14(21)19-16-13(6-17)10(2)11(3)23-16/h9,12H,4-5,7-8H2,1-3H3,(H2,18,22)(H,19,21)/t9-,12-/m1/s1. The van der Waals surface area contributed by atoms with Crippen molar-refractivity contribution in [3.8, 4) is 6.07 Å². The summed E-state index contributed by atoms with van der Waals surface area (Å²) in [6.07, 6.45) is 1.62. The first-order valence-corrected chi connectivity index (χ1v) is 8.48. The lowest BCUT2D eigenvalue weighted by atomic mass is 9.93. The number of nitrogens with one attached hydrogen (secondary N) is 1. The van der Waals surface area contributed by atoms with Crippen LogP contribution in [0.1, 0.15) is 35.8 Å². The number of thiophene rings is 1. The van der Waals surface area contributed by atoms with Crippen LogP contribution in [0.4, 0.5) is 5.00 Å². The lowest BCUT2D eigenvalue weighted by Crippen LogP contribution is -2.48. The summed E-state index contributed by atoms with van der Waals surface area (Å²) in [4.78, 5) is 26.7. The van der Waals surface area contributed by atoms with Gasteiger partial charge in [-0.05, 0) is 39.2 Å². The summed E-state index contributed by atoms with van der Waals surface area (Å²) >= 11 is 1.42. The summed E-state index contributed by atoms with van der Waals surface area (Å²) in [6.45, 7) is 6.57. The Morgan fingerprint density at radius 3 is 2.74 bits per heavy atom. The predicted molar refractivity (Wildman–Crippen MR) is 90.1 cm³/mol. The summed E-state index contributed by atoms with van der Waals surface area (Å²) in [5.41, 5.74) is 6.83. The van der Waals surface area contributed by atoms with Gasteiger partial charge in [-0.25, -0.2) is 0 Å². The molecule has 0 spiro atoms. The number of nitrogens with zero attached hydrogens (tertiary/aromatic N) is 2. The molecule has 1 aliphatic rings. The molecule has 1 saturated heterocycles. The van der Waals surface area contributed by atoms with Gasteiger partial charge in [-0.2, -0.15) is 5.26 Å². The van der Waals surface area contributed by atoms with Crippen molar-refractivity contribution < 1.29 is 9.59 Å². The highest BCUT2D eigenvalue weighted by molar-refractivity contribution is 7.16. The van der Waals surface area contributed by atoms with E-state index in [9.17, 15) is 14.9 Å². The fourth-order valence-electron chi connectivity index (χ4n) is 2.83. The van der Waals surface area contributed by atoms with E-state index in [-0.39, 0.29) is 30.3 Å². The Bertz CT molecular complexity index is 662. The van der Waals surface area contributed by atoms with Crippen LogP contribution in [0.25, 0.3) is 0 Å². The van der Waals surface area contributed by atoms with Crippen molar-refractivity contribution in [2.45, 2.75) is 39.7 Å². The summed E-state index contributed by atoms with van der Waals surface area (Å²) in [7, 11) is 0. The normalized spacial score (nSPS) is 21.7. The molecule has 0 radical (unpaired) electrons. The third-order valence-corrected chi connectivity index (χ3v) is 5.63. The Morgan fingerprint density at radius 2 is 2.13 bits per heavy atom. The first-order valence-electron chi connectivity index (χ1n) is 7.66. The number of anilines is 1. The van der Waals surface area contributed by atoms with Crippen LogP contribution < -0.4 is 11.1 Å². The van der Waals surface area contributed by atoms with Gasteiger partial charge in [-0.3, -0.25) is 14.5 Å². The minimum absolute atomic E-state index is 0.167. The number of primary amides is 1. The molecule has 0 saturated carbocycles. The van der Waals surface area contributed by atoms with Crippen LogP contribution in [0.2, 0.25) is 0 Å². The second-order valence-corrected chi connectivity index (χ2v) is 7.33. The van der Waals surface area contributed by atoms with Crippen LogP contribution in [-0.2, 0) is 9.59 Å². The van der Waals surface area contributed by atoms with Gasteiger partial charge in [-0.1, -0.05) is 0 Å². The van der Waals surface area contributed by atoms with Gasteiger partial charge < -0.3 is 11.1 Å². The Kier molecular flexibility index (Phi) is 5.39. The number of likely N-dealkylation sites (tertiary alicyclic amines) is 1. The Labute approximate surface area is 140 Å². The molecule has 0 unspecified atom stereocenters. The second-order valence-electron chi connectivity index (χ2n) is 6.10. The van der Waals surface area contributed by atoms with Gasteiger partial charge in [0.2, 0.25) is 11.8 Å². The molecule has 124 valence electrons. The zero-order valence-electron chi connectivity index (χ0n) is 13.7. The topological polar surface area (TPSA) is 99.2 Å². The first kappa shape index (κ1) is 17.4. The number of hydrogen-bond donors (Lipinski definition) is 2. The number of aryl methyl sites for hydroxylation is 1. The van der Waals surface area contributed by atoms with E-state index in [1.807, 2.05) is 25.7 Å². The van der Waals surface area contributed by atoms with Crippen molar-refractivity contribution >= 4 is 28.2 Å². The van der Waals surface area contributed by atoms with Gasteiger partial charge in [0, 0.05) is 17.5 Å². The quantitative estimate of drug-likeness (QED) is 0.876. The second kappa shape index (κ2) is 7.11. The summed E-state index contributed by atoms with van der Waals surface area (Å²) in [6, 6.07) is 2.38. The van der Waals surface area contributed by atoms with Crippen LogP contribution in [0.15, 0.2) is 0 Å². The van der Waals surface area contributed by atoms with E-state index in [0.29, 0.717) is 17.1 Å². The number of hydrogen-bond acceptors (Lipinski definition) is 5. The summed E-state index contributed by atoms with van der Waals surface area (Å²) < 4.78 is 0. The number of nitriles is 1. The molecule has 1 aromatic heterocycles. The van der Waals surface area contributed by atoms with Gasteiger partial charge in [0.1, 0.15) is 11.1 Å². The van der Waals surface area contributed by atoms with Crippen LogP contribution in [0, 0.1) is 31.1 Å². The molecule has 6 nitrogen and oxygen atoms in total. The number of nitrogens with two attached hydrogens (primary N) is 1. The van der Waals surface area contributed by atoms with Crippen molar-refractivity contribution in [2.75, 3.05) is 18.4 Å². The van der Waals surface area contributed by atoms with E-state index in [1.165, 1.54) is 11.3 Å². The van der Waals surface area contributed by atoms with E-state index in [0.717, 1.165) is 23.3 Å². The summed E-state index contributed by atoms with van der Waals surface area (Å²) in [5.74, 6) is -0.668.